The van der Waals surface area contributed by atoms with Gasteiger partial charge in [-0.05, 0) is 17.8 Å². The van der Waals surface area contributed by atoms with Crippen molar-refractivity contribution in [1.82, 2.24) is 19.9 Å². The van der Waals surface area contributed by atoms with Gasteiger partial charge in [0.05, 0.1) is 19.5 Å². The molecule has 2 aromatic rings. The van der Waals surface area contributed by atoms with E-state index >= 15 is 0 Å². The maximum atomic E-state index is 11.3. The second-order valence-corrected chi connectivity index (χ2v) is 3.92. The number of hydrogen-bond donors (Lipinski definition) is 0. The van der Waals surface area contributed by atoms with E-state index in [0.717, 1.165) is 5.03 Å². The molecule has 86 valence electrons. The lowest BCUT2D eigenvalue weighted by Crippen LogP contribution is -2.05. The van der Waals surface area contributed by atoms with Crippen LogP contribution < -0.4 is 0 Å². The highest BCUT2D eigenvalue weighted by Gasteiger charge is 2.09. The van der Waals surface area contributed by atoms with Crippen LogP contribution in [0, 0.1) is 0 Å². The molecule has 2 aromatic heterocycles. The average Bonchev–Trinajstić information content (AvgIpc) is 2.39. The lowest BCUT2D eigenvalue weighted by atomic mass is 10.5. The van der Waals surface area contributed by atoms with Crippen molar-refractivity contribution >= 4 is 17.7 Å². The fourth-order valence-corrected chi connectivity index (χ4v) is 1.75. The molecular formula is C10H8N4O2S. The topological polar surface area (TPSA) is 77.9 Å². The van der Waals surface area contributed by atoms with Gasteiger partial charge in [0, 0.05) is 6.20 Å². The largest absolute Gasteiger partial charge is 0.464 e. The number of rotatable bonds is 3. The summed E-state index contributed by atoms with van der Waals surface area (Å²) in [4.78, 5) is 27.1. The molecule has 0 aliphatic carbocycles. The molecule has 0 radical (unpaired) electrons. The summed E-state index contributed by atoms with van der Waals surface area (Å²) < 4.78 is 4.57. The molecule has 0 atom stereocenters. The molecule has 0 aromatic carbocycles. The van der Waals surface area contributed by atoms with Crippen molar-refractivity contribution in [3.8, 4) is 0 Å². The Morgan fingerprint density at radius 1 is 1.29 bits per heavy atom. The van der Waals surface area contributed by atoms with E-state index < -0.39 is 5.97 Å². The van der Waals surface area contributed by atoms with Crippen molar-refractivity contribution in [3.63, 3.8) is 0 Å². The standard InChI is InChI=1S/C10H8N4O2S/c1-16-10(15)7-4-12-5-9(14-7)17-8-2-3-11-6-13-8/h2-6H,1H3. The molecule has 0 saturated carbocycles. The summed E-state index contributed by atoms with van der Waals surface area (Å²) >= 11 is 1.30. The molecule has 0 fully saturated rings. The SMILES string of the molecule is COC(=O)c1cncc(Sc2ccncn2)n1. The van der Waals surface area contributed by atoms with Gasteiger partial charge in [-0.3, -0.25) is 4.98 Å². The van der Waals surface area contributed by atoms with E-state index in [4.69, 9.17) is 0 Å². The van der Waals surface area contributed by atoms with Crippen LogP contribution in [0.25, 0.3) is 0 Å². The van der Waals surface area contributed by atoms with Crippen LogP contribution in [0.5, 0.6) is 0 Å². The number of aromatic nitrogens is 4. The number of hydrogen-bond acceptors (Lipinski definition) is 7. The Labute approximate surface area is 101 Å². The Hall–Kier alpha value is -2.02. The van der Waals surface area contributed by atoms with Gasteiger partial charge in [0.1, 0.15) is 16.4 Å². The fraction of sp³-hybridized carbons (Fsp3) is 0.100. The molecule has 2 rings (SSSR count). The zero-order chi connectivity index (χ0) is 12.1. The van der Waals surface area contributed by atoms with Gasteiger partial charge in [-0.25, -0.2) is 19.7 Å². The van der Waals surface area contributed by atoms with Crippen LogP contribution in [-0.4, -0.2) is 33.0 Å². The lowest BCUT2D eigenvalue weighted by Gasteiger charge is -2.01. The monoisotopic (exact) mass is 248 g/mol. The molecule has 2 heterocycles. The van der Waals surface area contributed by atoms with Gasteiger partial charge in [0.25, 0.3) is 0 Å². The highest BCUT2D eigenvalue weighted by atomic mass is 32.2. The quantitative estimate of drug-likeness (QED) is 0.596. The third-order valence-electron chi connectivity index (χ3n) is 1.77. The molecule has 17 heavy (non-hydrogen) atoms. The highest BCUT2D eigenvalue weighted by Crippen LogP contribution is 2.22. The van der Waals surface area contributed by atoms with Crippen molar-refractivity contribution < 1.29 is 9.53 Å². The van der Waals surface area contributed by atoms with Crippen LogP contribution in [0.1, 0.15) is 10.5 Å². The first-order chi connectivity index (χ1) is 8.29. The van der Waals surface area contributed by atoms with Crippen LogP contribution in [0.15, 0.2) is 41.0 Å². The van der Waals surface area contributed by atoms with Gasteiger partial charge in [-0.15, -0.1) is 0 Å². The van der Waals surface area contributed by atoms with Crippen LogP contribution >= 0.6 is 11.8 Å². The summed E-state index contributed by atoms with van der Waals surface area (Å²) in [6, 6.07) is 1.75. The minimum absolute atomic E-state index is 0.173. The van der Waals surface area contributed by atoms with Gasteiger partial charge in [0.2, 0.25) is 0 Å². The smallest absolute Gasteiger partial charge is 0.358 e. The van der Waals surface area contributed by atoms with Crippen molar-refractivity contribution in [1.29, 1.82) is 0 Å². The number of methoxy groups -OCH3 is 1. The zero-order valence-corrected chi connectivity index (χ0v) is 9.72. The van der Waals surface area contributed by atoms with Crippen molar-refractivity contribution in [2.45, 2.75) is 10.1 Å². The Bertz CT molecular complexity index is 521. The summed E-state index contributed by atoms with van der Waals surface area (Å²) in [5, 5.41) is 1.31. The Balaban J connectivity index is 2.20. The first kappa shape index (κ1) is 11.5. The first-order valence-corrected chi connectivity index (χ1v) is 5.45. The van der Waals surface area contributed by atoms with E-state index in [1.165, 1.54) is 31.4 Å². The Morgan fingerprint density at radius 3 is 2.88 bits per heavy atom. The average molecular weight is 248 g/mol. The molecular weight excluding hydrogens is 240 g/mol. The Kier molecular flexibility index (Phi) is 3.61. The number of carbonyl (C=O) groups excluding carboxylic acids is 1. The second kappa shape index (κ2) is 5.35. The van der Waals surface area contributed by atoms with E-state index in [9.17, 15) is 4.79 Å². The predicted octanol–water partition coefficient (Wildman–Crippen LogP) is 1.20. The molecule has 0 saturated heterocycles. The molecule has 0 aliphatic rings. The molecule has 0 amide bonds. The van der Waals surface area contributed by atoms with Gasteiger partial charge >= 0.3 is 5.97 Å². The molecule has 0 bridgehead atoms. The van der Waals surface area contributed by atoms with Crippen LogP contribution in [0.4, 0.5) is 0 Å². The second-order valence-electron chi connectivity index (χ2n) is 2.88. The normalized spacial score (nSPS) is 9.94. The van der Waals surface area contributed by atoms with Gasteiger partial charge < -0.3 is 4.74 Å². The van der Waals surface area contributed by atoms with Gasteiger partial charge in [-0.1, -0.05) is 0 Å². The maximum Gasteiger partial charge on any atom is 0.358 e. The predicted molar refractivity (Wildman–Crippen MR) is 59.5 cm³/mol. The molecule has 6 nitrogen and oxygen atoms in total. The molecule has 0 aliphatic heterocycles. The van der Waals surface area contributed by atoms with E-state index in [2.05, 4.69) is 24.7 Å². The summed E-state index contributed by atoms with van der Waals surface area (Å²) in [7, 11) is 1.30. The maximum absolute atomic E-state index is 11.3. The summed E-state index contributed by atoms with van der Waals surface area (Å²) in [6.07, 6.45) is 5.99. The van der Waals surface area contributed by atoms with Crippen LogP contribution in [0.3, 0.4) is 0 Å². The Morgan fingerprint density at radius 2 is 2.18 bits per heavy atom. The van der Waals surface area contributed by atoms with Crippen LogP contribution in [-0.2, 0) is 4.74 Å². The molecule has 7 heteroatoms. The van der Waals surface area contributed by atoms with Crippen molar-refractivity contribution in [2.24, 2.45) is 0 Å². The minimum atomic E-state index is -0.511. The van der Waals surface area contributed by atoms with E-state index in [0.29, 0.717) is 5.03 Å². The molecule has 0 N–H and O–H groups in total. The molecule has 0 unspecified atom stereocenters. The third-order valence-corrected chi connectivity index (χ3v) is 2.63. The van der Waals surface area contributed by atoms with E-state index in [1.54, 1.807) is 18.5 Å². The van der Waals surface area contributed by atoms with Gasteiger partial charge in [0.15, 0.2) is 5.69 Å². The minimum Gasteiger partial charge on any atom is -0.464 e. The lowest BCUT2D eigenvalue weighted by molar-refractivity contribution is 0.0592. The summed E-state index contributed by atoms with van der Waals surface area (Å²) in [6.45, 7) is 0. The number of ether oxygens (including phenoxy) is 1. The zero-order valence-electron chi connectivity index (χ0n) is 8.90. The van der Waals surface area contributed by atoms with E-state index in [1.807, 2.05) is 0 Å². The number of carbonyl (C=O) groups is 1. The highest BCUT2D eigenvalue weighted by molar-refractivity contribution is 7.99. The van der Waals surface area contributed by atoms with Crippen LogP contribution in [0.2, 0.25) is 0 Å². The first-order valence-electron chi connectivity index (χ1n) is 4.64. The number of esters is 1. The van der Waals surface area contributed by atoms with Crippen molar-refractivity contribution in [2.75, 3.05) is 7.11 Å². The third kappa shape index (κ3) is 2.97. The van der Waals surface area contributed by atoms with E-state index in [-0.39, 0.29) is 5.69 Å². The van der Waals surface area contributed by atoms with Gasteiger partial charge in [-0.2, -0.15) is 0 Å². The summed E-state index contributed by atoms with van der Waals surface area (Å²) in [5.41, 5.74) is 0.173. The summed E-state index contributed by atoms with van der Waals surface area (Å²) in [5.74, 6) is -0.511. The molecule has 0 spiro atoms. The number of nitrogens with zero attached hydrogens (tertiary/aromatic N) is 4. The van der Waals surface area contributed by atoms with Crippen molar-refractivity contribution in [3.05, 3.63) is 36.7 Å². The fourth-order valence-electron chi connectivity index (χ4n) is 1.05.